The fourth-order valence-corrected chi connectivity index (χ4v) is 3.83. The largest absolute Gasteiger partial charge is 0.342 e. The van der Waals surface area contributed by atoms with Crippen molar-refractivity contribution in [2.45, 2.75) is 45.6 Å². The van der Waals surface area contributed by atoms with Gasteiger partial charge in [-0.2, -0.15) is 0 Å². The molecule has 1 amide bonds. The molecule has 126 valence electrons. The van der Waals surface area contributed by atoms with Gasteiger partial charge in [-0.1, -0.05) is 20.8 Å². The first kappa shape index (κ1) is 16.4. The maximum absolute atomic E-state index is 12.4. The molecule has 2 aliphatic heterocycles. The maximum Gasteiger partial charge on any atom is 0.227 e. The molecule has 3 rings (SSSR count). The Labute approximate surface area is 138 Å². The van der Waals surface area contributed by atoms with Gasteiger partial charge in [0.25, 0.3) is 0 Å². The van der Waals surface area contributed by atoms with E-state index in [2.05, 4.69) is 28.0 Å². The first-order chi connectivity index (χ1) is 11.0. The van der Waals surface area contributed by atoms with E-state index in [9.17, 15) is 4.79 Å². The number of hydrogen-bond acceptors (Lipinski definition) is 4. The van der Waals surface area contributed by atoms with Crippen LogP contribution in [0.15, 0.2) is 24.5 Å². The molecule has 2 atom stereocenters. The summed E-state index contributed by atoms with van der Waals surface area (Å²) in [6.45, 7) is 8.72. The Morgan fingerprint density at radius 2 is 1.87 bits per heavy atom. The molecule has 2 saturated heterocycles. The van der Waals surface area contributed by atoms with Crippen molar-refractivity contribution in [2.24, 2.45) is 11.3 Å². The van der Waals surface area contributed by atoms with Gasteiger partial charge in [-0.15, -0.1) is 0 Å². The summed E-state index contributed by atoms with van der Waals surface area (Å²) < 4.78 is 0. The molecule has 0 radical (unpaired) electrons. The second kappa shape index (κ2) is 6.57. The lowest BCUT2D eigenvalue weighted by Gasteiger charge is -2.38. The molecule has 23 heavy (non-hydrogen) atoms. The van der Waals surface area contributed by atoms with E-state index in [0.29, 0.717) is 17.9 Å². The van der Waals surface area contributed by atoms with Crippen LogP contribution in [-0.2, 0) is 4.79 Å². The third kappa shape index (κ3) is 3.56. The molecule has 2 aliphatic rings. The van der Waals surface area contributed by atoms with E-state index in [0.717, 1.165) is 32.5 Å². The fraction of sp³-hybridized carbons (Fsp3) is 0.667. The first-order valence-electron chi connectivity index (χ1n) is 8.64. The number of nitrogens with zero attached hydrogens (tertiary/aromatic N) is 2. The molecule has 1 aromatic rings. The monoisotopic (exact) mass is 316 g/mol. The van der Waals surface area contributed by atoms with Crippen molar-refractivity contribution in [1.29, 1.82) is 0 Å². The van der Waals surface area contributed by atoms with Crippen LogP contribution in [0.1, 0.15) is 45.1 Å². The summed E-state index contributed by atoms with van der Waals surface area (Å²) in [5, 5.41) is 0. The van der Waals surface area contributed by atoms with Crippen LogP contribution in [0.3, 0.4) is 0 Å². The van der Waals surface area contributed by atoms with Crippen LogP contribution in [0.25, 0.3) is 0 Å². The molecule has 2 fully saturated rings. The number of amides is 1. The predicted molar refractivity (Wildman–Crippen MR) is 90.7 cm³/mol. The van der Waals surface area contributed by atoms with Gasteiger partial charge in [0.15, 0.2) is 0 Å². The Kier molecular flexibility index (Phi) is 4.69. The van der Waals surface area contributed by atoms with Gasteiger partial charge in [-0.25, -0.2) is 0 Å². The van der Waals surface area contributed by atoms with Crippen molar-refractivity contribution >= 4 is 5.91 Å². The minimum atomic E-state index is -0.278. The molecule has 1 aromatic heterocycles. The number of pyridine rings is 1. The maximum atomic E-state index is 12.4. The zero-order chi connectivity index (χ0) is 16.4. The van der Waals surface area contributed by atoms with Crippen molar-refractivity contribution in [1.82, 2.24) is 20.7 Å². The molecule has 0 bridgehead atoms. The van der Waals surface area contributed by atoms with Crippen LogP contribution in [0.5, 0.6) is 0 Å². The Bertz CT molecular complexity index is 532. The van der Waals surface area contributed by atoms with E-state index in [1.165, 1.54) is 5.56 Å². The lowest BCUT2D eigenvalue weighted by atomic mass is 9.80. The van der Waals surface area contributed by atoms with Crippen molar-refractivity contribution in [3.8, 4) is 0 Å². The molecule has 2 unspecified atom stereocenters. The number of carbonyl (C=O) groups is 1. The average Bonchev–Trinajstić information content (AvgIpc) is 3.04. The van der Waals surface area contributed by atoms with Crippen molar-refractivity contribution in [3.05, 3.63) is 30.1 Å². The van der Waals surface area contributed by atoms with Crippen LogP contribution >= 0.6 is 0 Å². The summed E-state index contributed by atoms with van der Waals surface area (Å²) in [7, 11) is 0. The minimum absolute atomic E-state index is 0.277. The van der Waals surface area contributed by atoms with Gasteiger partial charge >= 0.3 is 0 Å². The molecule has 0 aliphatic carbocycles. The van der Waals surface area contributed by atoms with Crippen LogP contribution in [0.2, 0.25) is 0 Å². The standard InChI is InChI=1S/C18H28N4O/c1-18(2,3)17(23)22-10-6-14(7-11-22)16-15(12-20-21-16)13-4-8-19-9-5-13/h4-5,8-9,14-16,20-21H,6-7,10-12H2,1-3H3. The zero-order valence-electron chi connectivity index (χ0n) is 14.4. The Morgan fingerprint density at radius 3 is 2.48 bits per heavy atom. The van der Waals surface area contributed by atoms with Gasteiger partial charge in [0, 0.05) is 49.4 Å². The van der Waals surface area contributed by atoms with Crippen LogP contribution in [-0.4, -0.2) is 41.5 Å². The summed E-state index contributed by atoms with van der Waals surface area (Å²) in [4.78, 5) is 18.6. The minimum Gasteiger partial charge on any atom is -0.342 e. The van der Waals surface area contributed by atoms with Crippen LogP contribution < -0.4 is 10.9 Å². The summed E-state index contributed by atoms with van der Waals surface area (Å²) in [5.74, 6) is 1.36. The Morgan fingerprint density at radius 1 is 1.22 bits per heavy atom. The highest BCUT2D eigenvalue weighted by Crippen LogP contribution is 2.33. The molecule has 3 heterocycles. The van der Waals surface area contributed by atoms with Gasteiger partial charge in [-0.05, 0) is 36.5 Å². The molecule has 5 heteroatoms. The topological polar surface area (TPSA) is 57.3 Å². The van der Waals surface area contributed by atoms with Crippen molar-refractivity contribution < 1.29 is 4.79 Å². The average molecular weight is 316 g/mol. The lowest BCUT2D eigenvalue weighted by Crippen LogP contribution is -2.48. The quantitative estimate of drug-likeness (QED) is 0.875. The smallest absolute Gasteiger partial charge is 0.227 e. The van der Waals surface area contributed by atoms with E-state index in [1.54, 1.807) is 0 Å². The molecule has 0 aromatic carbocycles. The zero-order valence-corrected chi connectivity index (χ0v) is 14.4. The number of hydrazine groups is 1. The lowest BCUT2D eigenvalue weighted by molar-refractivity contribution is -0.141. The number of hydrogen-bond donors (Lipinski definition) is 2. The summed E-state index contributed by atoms with van der Waals surface area (Å²) >= 11 is 0. The van der Waals surface area contributed by atoms with Crippen molar-refractivity contribution in [3.63, 3.8) is 0 Å². The summed E-state index contributed by atoms with van der Waals surface area (Å²) in [6.07, 6.45) is 5.89. The van der Waals surface area contributed by atoms with E-state index < -0.39 is 0 Å². The molecule has 5 nitrogen and oxygen atoms in total. The highest BCUT2D eigenvalue weighted by molar-refractivity contribution is 5.81. The second-order valence-electron chi connectivity index (χ2n) is 7.82. The van der Waals surface area contributed by atoms with Gasteiger partial charge in [0.05, 0.1) is 0 Å². The second-order valence-corrected chi connectivity index (χ2v) is 7.82. The predicted octanol–water partition coefficient (Wildman–Crippen LogP) is 1.93. The molecular weight excluding hydrogens is 288 g/mol. The number of likely N-dealkylation sites (tertiary alicyclic amines) is 1. The van der Waals surface area contributed by atoms with Gasteiger partial charge in [-0.3, -0.25) is 20.6 Å². The van der Waals surface area contributed by atoms with E-state index in [4.69, 9.17) is 0 Å². The summed E-state index contributed by atoms with van der Waals surface area (Å²) in [5.41, 5.74) is 7.87. The first-order valence-corrected chi connectivity index (χ1v) is 8.64. The summed E-state index contributed by atoms with van der Waals surface area (Å²) in [6, 6.07) is 4.67. The van der Waals surface area contributed by atoms with Gasteiger partial charge < -0.3 is 4.90 Å². The number of aromatic nitrogens is 1. The molecule has 2 N–H and O–H groups in total. The van der Waals surface area contributed by atoms with Crippen LogP contribution in [0.4, 0.5) is 0 Å². The fourth-order valence-electron chi connectivity index (χ4n) is 3.83. The van der Waals surface area contributed by atoms with E-state index in [-0.39, 0.29) is 11.3 Å². The third-order valence-electron chi connectivity index (χ3n) is 5.13. The van der Waals surface area contributed by atoms with E-state index >= 15 is 0 Å². The molecular formula is C18H28N4O. The van der Waals surface area contributed by atoms with E-state index in [1.807, 2.05) is 38.1 Å². The SMILES string of the molecule is CC(C)(C)C(=O)N1CCC(C2NNCC2c2ccncc2)CC1. The molecule has 0 saturated carbocycles. The Balaban J connectivity index is 1.62. The number of rotatable bonds is 2. The van der Waals surface area contributed by atoms with Gasteiger partial charge in [0.1, 0.15) is 0 Å². The molecule has 0 spiro atoms. The highest BCUT2D eigenvalue weighted by Gasteiger charge is 2.38. The number of carbonyl (C=O) groups excluding carboxylic acids is 1. The number of nitrogens with one attached hydrogen (secondary N) is 2. The number of piperidine rings is 1. The van der Waals surface area contributed by atoms with Crippen molar-refractivity contribution in [2.75, 3.05) is 19.6 Å². The van der Waals surface area contributed by atoms with Crippen LogP contribution in [0, 0.1) is 11.3 Å². The normalized spacial score (nSPS) is 26.5. The van der Waals surface area contributed by atoms with Gasteiger partial charge in [0.2, 0.25) is 5.91 Å². The highest BCUT2D eigenvalue weighted by atomic mass is 16.2. The Hall–Kier alpha value is -1.46. The third-order valence-corrected chi connectivity index (χ3v) is 5.13.